The van der Waals surface area contributed by atoms with Gasteiger partial charge in [-0.25, -0.2) is 4.98 Å². The summed E-state index contributed by atoms with van der Waals surface area (Å²) in [5.74, 6) is 0.679. The molecule has 102 valence electrons. The third kappa shape index (κ3) is 4.91. The lowest BCUT2D eigenvalue weighted by atomic mass is 10.2. The van der Waals surface area contributed by atoms with Crippen LogP contribution in [0, 0.1) is 5.92 Å². The molecule has 5 heteroatoms. The number of hydrogen-bond donors (Lipinski definition) is 1. The van der Waals surface area contributed by atoms with Gasteiger partial charge in [0.2, 0.25) is 0 Å². The Kier molecular flexibility index (Phi) is 5.88. The van der Waals surface area contributed by atoms with Gasteiger partial charge in [-0.15, -0.1) is 11.3 Å². The first kappa shape index (κ1) is 15.0. The third-order valence-corrected chi connectivity index (χ3v) is 5.12. The topological polar surface area (TPSA) is 24.9 Å². The molecule has 19 heavy (non-hydrogen) atoms. The van der Waals surface area contributed by atoms with E-state index in [9.17, 15) is 0 Å². The first-order valence-corrected chi connectivity index (χ1v) is 8.70. The van der Waals surface area contributed by atoms with Gasteiger partial charge in [-0.3, -0.25) is 0 Å². The Morgan fingerprint density at radius 1 is 1.42 bits per heavy atom. The normalized spacial score (nSPS) is 11.2. The van der Waals surface area contributed by atoms with Crippen LogP contribution >= 0.6 is 39.0 Å². The Hall–Kier alpha value is -0.360. The average molecular weight is 357 g/mol. The van der Waals surface area contributed by atoms with Gasteiger partial charge < -0.3 is 5.32 Å². The standard InChI is InChI=1S/C14H17BrN2S2/c1-10(2)8-16-9-11-3-4-12(7-13(11)15)19-14-17-5-6-18-14/h3-7,10,16H,8-9H2,1-2H3. The molecule has 2 rings (SSSR count). The van der Waals surface area contributed by atoms with Gasteiger partial charge in [0, 0.05) is 27.5 Å². The van der Waals surface area contributed by atoms with Gasteiger partial charge in [0.15, 0.2) is 4.34 Å². The summed E-state index contributed by atoms with van der Waals surface area (Å²) in [7, 11) is 0. The van der Waals surface area contributed by atoms with E-state index >= 15 is 0 Å². The van der Waals surface area contributed by atoms with Crippen LogP contribution in [0.1, 0.15) is 19.4 Å². The van der Waals surface area contributed by atoms with Gasteiger partial charge in [-0.2, -0.15) is 0 Å². The molecule has 0 spiro atoms. The van der Waals surface area contributed by atoms with E-state index in [0.29, 0.717) is 5.92 Å². The molecule has 1 N–H and O–H groups in total. The highest BCUT2D eigenvalue weighted by Gasteiger charge is 2.04. The Labute approximate surface area is 131 Å². The minimum absolute atomic E-state index is 0.679. The van der Waals surface area contributed by atoms with Crippen molar-refractivity contribution in [2.24, 2.45) is 5.92 Å². The minimum atomic E-state index is 0.679. The van der Waals surface area contributed by atoms with Gasteiger partial charge in [-0.1, -0.05) is 47.6 Å². The Bertz CT molecular complexity index is 512. The number of thiazole rings is 1. The summed E-state index contributed by atoms with van der Waals surface area (Å²) in [5, 5.41) is 5.46. The summed E-state index contributed by atoms with van der Waals surface area (Å²) in [6.45, 7) is 6.38. The van der Waals surface area contributed by atoms with Crippen LogP contribution in [0.15, 0.2) is 43.5 Å². The van der Waals surface area contributed by atoms with Crippen molar-refractivity contribution in [1.29, 1.82) is 0 Å². The largest absolute Gasteiger partial charge is 0.312 e. The van der Waals surface area contributed by atoms with Crippen molar-refractivity contribution in [3.63, 3.8) is 0 Å². The van der Waals surface area contributed by atoms with Crippen molar-refractivity contribution in [3.8, 4) is 0 Å². The van der Waals surface area contributed by atoms with E-state index in [1.807, 2.05) is 11.6 Å². The van der Waals surface area contributed by atoms with Crippen LogP contribution in [0.25, 0.3) is 0 Å². The fourth-order valence-corrected chi connectivity index (χ4v) is 3.90. The SMILES string of the molecule is CC(C)CNCc1ccc(Sc2nccs2)cc1Br. The van der Waals surface area contributed by atoms with Crippen LogP contribution in [0.2, 0.25) is 0 Å². The fraction of sp³-hybridized carbons (Fsp3) is 0.357. The molecule has 2 nitrogen and oxygen atoms in total. The number of nitrogens with one attached hydrogen (secondary N) is 1. The molecule has 0 bridgehead atoms. The summed E-state index contributed by atoms with van der Waals surface area (Å²) in [6, 6.07) is 6.50. The number of nitrogens with zero attached hydrogens (tertiary/aromatic N) is 1. The zero-order valence-electron chi connectivity index (χ0n) is 11.0. The predicted octanol–water partition coefficient (Wildman–Crippen LogP) is 4.80. The lowest BCUT2D eigenvalue weighted by Gasteiger charge is -2.10. The molecule has 0 unspecified atom stereocenters. The van der Waals surface area contributed by atoms with E-state index in [4.69, 9.17) is 0 Å². The van der Waals surface area contributed by atoms with Crippen LogP contribution < -0.4 is 5.32 Å². The molecule has 0 saturated carbocycles. The maximum Gasteiger partial charge on any atom is 0.154 e. The number of rotatable bonds is 6. The van der Waals surface area contributed by atoms with Crippen LogP contribution in [-0.2, 0) is 6.54 Å². The summed E-state index contributed by atoms with van der Waals surface area (Å²) >= 11 is 7.02. The van der Waals surface area contributed by atoms with Gasteiger partial charge >= 0.3 is 0 Å². The third-order valence-electron chi connectivity index (χ3n) is 2.51. The van der Waals surface area contributed by atoms with Gasteiger partial charge in [0.05, 0.1) is 0 Å². The summed E-state index contributed by atoms with van der Waals surface area (Å²) in [4.78, 5) is 5.50. The van der Waals surface area contributed by atoms with E-state index in [1.165, 1.54) is 10.5 Å². The highest BCUT2D eigenvalue weighted by molar-refractivity contribution is 9.10. The van der Waals surface area contributed by atoms with E-state index in [1.54, 1.807) is 23.1 Å². The quantitative estimate of drug-likeness (QED) is 0.804. The summed E-state index contributed by atoms with van der Waals surface area (Å²) < 4.78 is 2.24. The number of aromatic nitrogens is 1. The monoisotopic (exact) mass is 356 g/mol. The minimum Gasteiger partial charge on any atom is -0.312 e. The second-order valence-corrected chi connectivity index (χ2v) is 7.75. The lowest BCUT2D eigenvalue weighted by Crippen LogP contribution is -2.19. The molecule has 0 radical (unpaired) electrons. The zero-order chi connectivity index (χ0) is 13.7. The smallest absolute Gasteiger partial charge is 0.154 e. The molecule has 1 aromatic carbocycles. The molecule has 0 aliphatic rings. The van der Waals surface area contributed by atoms with Crippen LogP contribution in [0.4, 0.5) is 0 Å². The van der Waals surface area contributed by atoms with E-state index in [-0.39, 0.29) is 0 Å². The molecule has 0 atom stereocenters. The molecule has 0 fully saturated rings. The van der Waals surface area contributed by atoms with Crippen LogP contribution in [-0.4, -0.2) is 11.5 Å². The van der Waals surface area contributed by atoms with Gasteiger partial charge in [-0.05, 0) is 30.2 Å². The van der Waals surface area contributed by atoms with Crippen molar-refractivity contribution < 1.29 is 0 Å². The summed E-state index contributed by atoms with van der Waals surface area (Å²) in [5.41, 5.74) is 1.30. The molecule has 0 amide bonds. The van der Waals surface area contributed by atoms with Gasteiger partial charge in [0.25, 0.3) is 0 Å². The maximum absolute atomic E-state index is 4.29. The molecule has 1 aromatic heterocycles. The van der Waals surface area contributed by atoms with E-state index < -0.39 is 0 Å². The number of halogens is 1. The maximum atomic E-state index is 4.29. The van der Waals surface area contributed by atoms with Crippen LogP contribution in [0.5, 0.6) is 0 Å². The highest BCUT2D eigenvalue weighted by atomic mass is 79.9. The fourth-order valence-electron chi connectivity index (χ4n) is 1.59. The molecule has 0 saturated heterocycles. The molecule has 0 aliphatic carbocycles. The molecular formula is C14H17BrN2S2. The first-order chi connectivity index (χ1) is 9.15. The molecule has 1 heterocycles. The van der Waals surface area contributed by atoms with Gasteiger partial charge in [0.1, 0.15) is 0 Å². The van der Waals surface area contributed by atoms with Crippen molar-refractivity contribution in [2.75, 3.05) is 6.54 Å². The van der Waals surface area contributed by atoms with Crippen molar-refractivity contribution in [2.45, 2.75) is 29.6 Å². The molecule has 0 aliphatic heterocycles. The lowest BCUT2D eigenvalue weighted by molar-refractivity contribution is 0.551. The molecule has 2 aromatic rings. The number of benzene rings is 1. The molecular weight excluding hydrogens is 340 g/mol. The second kappa shape index (κ2) is 7.43. The van der Waals surface area contributed by atoms with E-state index in [0.717, 1.165) is 21.9 Å². The zero-order valence-corrected chi connectivity index (χ0v) is 14.2. The second-order valence-electron chi connectivity index (χ2n) is 4.68. The van der Waals surface area contributed by atoms with Crippen molar-refractivity contribution in [3.05, 3.63) is 39.8 Å². The highest BCUT2D eigenvalue weighted by Crippen LogP contribution is 2.32. The Morgan fingerprint density at radius 2 is 2.26 bits per heavy atom. The van der Waals surface area contributed by atoms with Crippen molar-refractivity contribution in [1.82, 2.24) is 10.3 Å². The Balaban J connectivity index is 1.96. The van der Waals surface area contributed by atoms with Crippen LogP contribution in [0.3, 0.4) is 0 Å². The average Bonchev–Trinajstić information content (AvgIpc) is 2.84. The predicted molar refractivity (Wildman–Crippen MR) is 86.9 cm³/mol. The summed E-state index contributed by atoms with van der Waals surface area (Å²) in [6.07, 6.45) is 1.84. The van der Waals surface area contributed by atoms with Crippen molar-refractivity contribution >= 4 is 39.0 Å². The Morgan fingerprint density at radius 3 is 2.89 bits per heavy atom. The van der Waals surface area contributed by atoms with E-state index in [2.05, 4.69) is 58.3 Å². The first-order valence-electron chi connectivity index (χ1n) is 6.21. The number of hydrogen-bond acceptors (Lipinski definition) is 4.